The van der Waals surface area contributed by atoms with Crippen molar-refractivity contribution in [2.24, 2.45) is 23.6 Å². The molecule has 0 aromatic rings. The van der Waals surface area contributed by atoms with Crippen LogP contribution in [0.25, 0.3) is 0 Å². The van der Waals surface area contributed by atoms with Gasteiger partial charge >= 0.3 is 0 Å². The molecule has 15 heavy (non-hydrogen) atoms. The predicted octanol–water partition coefficient (Wildman–Crippen LogP) is 2.83. The Kier molecular flexibility index (Phi) is 4.04. The molecule has 0 radical (unpaired) electrons. The molecule has 2 fully saturated rings. The smallest absolute Gasteiger partial charge is 0.0266 e. The lowest BCUT2D eigenvalue weighted by Crippen LogP contribution is -2.49. The summed E-state index contributed by atoms with van der Waals surface area (Å²) in [5, 5.41) is 0. The van der Waals surface area contributed by atoms with E-state index in [1.54, 1.807) is 0 Å². The van der Waals surface area contributed by atoms with E-state index in [1.807, 2.05) is 0 Å². The molecule has 0 amide bonds. The zero-order chi connectivity index (χ0) is 10.7. The first kappa shape index (κ1) is 11.4. The molecule has 0 saturated heterocycles. The van der Waals surface area contributed by atoms with Gasteiger partial charge < -0.3 is 0 Å². The van der Waals surface area contributed by atoms with Crippen molar-refractivity contribution in [3.8, 4) is 0 Å². The molecule has 1 atom stereocenters. The van der Waals surface area contributed by atoms with Crippen molar-refractivity contribution in [1.29, 1.82) is 0 Å². The third kappa shape index (κ3) is 2.54. The van der Waals surface area contributed by atoms with Crippen molar-refractivity contribution in [3.63, 3.8) is 0 Å². The van der Waals surface area contributed by atoms with Gasteiger partial charge in [0.2, 0.25) is 0 Å². The Morgan fingerprint density at radius 3 is 2.07 bits per heavy atom. The van der Waals surface area contributed by atoms with E-state index in [2.05, 4.69) is 12.3 Å². The van der Waals surface area contributed by atoms with Crippen LogP contribution < -0.4 is 11.3 Å². The maximum absolute atomic E-state index is 5.73. The molecule has 88 valence electrons. The monoisotopic (exact) mass is 210 g/mol. The zero-order valence-electron chi connectivity index (χ0n) is 10.0. The standard InChI is InChI=1S/C13H26N2/c1-2-10-6-8-12(9-7-10)13(15-14)11-4-3-5-11/h10-13,15H,2-9,14H2,1H3. The fraction of sp³-hybridized carbons (Fsp3) is 1.00. The molecule has 0 aromatic heterocycles. The second kappa shape index (κ2) is 5.31. The zero-order valence-corrected chi connectivity index (χ0v) is 10.0. The Labute approximate surface area is 94.0 Å². The molecule has 2 heteroatoms. The van der Waals surface area contributed by atoms with Gasteiger partial charge in [0, 0.05) is 6.04 Å². The molecule has 2 aliphatic carbocycles. The van der Waals surface area contributed by atoms with Crippen LogP contribution in [0, 0.1) is 17.8 Å². The van der Waals surface area contributed by atoms with Gasteiger partial charge in [-0.25, -0.2) is 0 Å². The van der Waals surface area contributed by atoms with E-state index >= 15 is 0 Å². The van der Waals surface area contributed by atoms with Gasteiger partial charge in [-0.2, -0.15) is 0 Å². The fourth-order valence-corrected chi connectivity index (χ4v) is 3.41. The quantitative estimate of drug-likeness (QED) is 0.553. The third-order valence-corrected chi connectivity index (χ3v) is 4.83. The topological polar surface area (TPSA) is 38.0 Å². The Bertz CT molecular complexity index is 181. The summed E-state index contributed by atoms with van der Waals surface area (Å²) in [7, 11) is 0. The molecular weight excluding hydrogens is 184 g/mol. The number of rotatable bonds is 4. The molecule has 3 N–H and O–H groups in total. The molecule has 2 saturated carbocycles. The van der Waals surface area contributed by atoms with Gasteiger partial charge in [0.15, 0.2) is 0 Å². The highest BCUT2D eigenvalue weighted by Gasteiger charge is 2.34. The predicted molar refractivity (Wildman–Crippen MR) is 64.2 cm³/mol. The van der Waals surface area contributed by atoms with E-state index in [-0.39, 0.29) is 0 Å². The van der Waals surface area contributed by atoms with Gasteiger partial charge in [-0.15, -0.1) is 0 Å². The molecule has 2 rings (SSSR count). The van der Waals surface area contributed by atoms with Crippen molar-refractivity contribution in [3.05, 3.63) is 0 Å². The van der Waals surface area contributed by atoms with Gasteiger partial charge in [-0.05, 0) is 43.4 Å². The maximum atomic E-state index is 5.73. The summed E-state index contributed by atoms with van der Waals surface area (Å²) in [6.07, 6.45) is 11.3. The minimum absolute atomic E-state index is 0.622. The lowest BCUT2D eigenvalue weighted by molar-refractivity contribution is 0.131. The van der Waals surface area contributed by atoms with Crippen LogP contribution in [-0.2, 0) is 0 Å². The fourth-order valence-electron chi connectivity index (χ4n) is 3.41. The highest BCUT2D eigenvalue weighted by molar-refractivity contribution is 4.88. The van der Waals surface area contributed by atoms with E-state index in [0.717, 1.165) is 17.8 Å². The average Bonchev–Trinajstić information content (AvgIpc) is 2.23. The van der Waals surface area contributed by atoms with E-state index in [9.17, 15) is 0 Å². The third-order valence-electron chi connectivity index (χ3n) is 4.83. The highest BCUT2D eigenvalue weighted by atomic mass is 15.2. The van der Waals surface area contributed by atoms with Crippen molar-refractivity contribution in [2.45, 2.75) is 64.3 Å². The van der Waals surface area contributed by atoms with Crippen LogP contribution in [0.15, 0.2) is 0 Å². The van der Waals surface area contributed by atoms with Crippen molar-refractivity contribution in [2.75, 3.05) is 0 Å². The van der Waals surface area contributed by atoms with E-state index in [4.69, 9.17) is 5.84 Å². The summed E-state index contributed by atoms with van der Waals surface area (Å²) in [5.74, 6) is 8.48. The van der Waals surface area contributed by atoms with Crippen LogP contribution in [0.4, 0.5) is 0 Å². The minimum atomic E-state index is 0.622. The van der Waals surface area contributed by atoms with Crippen LogP contribution in [0.1, 0.15) is 58.3 Å². The van der Waals surface area contributed by atoms with Crippen molar-refractivity contribution in [1.82, 2.24) is 5.43 Å². The molecule has 1 unspecified atom stereocenters. The average molecular weight is 210 g/mol. The SMILES string of the molecule is CCC1CCC(C(NN)C2CCC2)CC1. The second-order valence-electron chi connectivity index (χ2n) is 5.57. The maximum Gasteiger partial charge on any atom is 0.0266 e. The second-order valence-corrected chi connectivity index (χ2v) is 5.57. The molecule has 0 bridgehead atoms. The van der Waals surface area contributed by atoms with Gasteiger partial charge in [0.05, 0.1) is 0 Å². The summed E-state index contributed by atoms with van der Waals surface area (Å²) >= 11 is 0. The first-order valence-corrected chi connectivity index (χ1v) is 6.81. The van der Waals surface area contributed by atoms with Gasteiger partial charge in [-0.3, -0.25) is 11.3 Å². The molecular formula is C13H26N2. The van der Waals surface area contributed by atoms with E-state index in [1.165, 1.54) is 51.4 Å². The Hall–Kier alpha value is -0.0800. The molecule has 0 aromatic carbocycles. The lowest BCUT2D eigenvalue weighted by Gasteiger charge is -2.41. The first-order valence-electron chi connectivity index (χ1n) is 6.81. The summed E-state index contributed by atoms with van der Waals surface area (Å²) in [6.45, 7) is 2.33. The minimum Gasteiger partial charge on any atom is -0.271 e. The van der Waals surface area contributed by atoms with Crippen molar-refractivity contribution >= 4 is 0 Å². The van der Waals surface area contributed by atoms with Crippen LogP contribution >= 0.6 is 0 Å². The Morgan fingerprint density at radius 1 is 1.07 bits per heavy atom. The van der Waals surface area contributed by atoms with E-state index < -0.39 is 0 Å². The van der Waals surface area contributed by atoms with Gasteiger partial charge in [0.25, 0.3) is 0 Å². The molecule has 0 aliphatic heterocycles. The molecule has 2 nitrogen and oxygen atoms in total. The van der Waals surface area contributed by atoms with Crippen LogP contribution in [0.5, 0.6) is 0 Å². The van der Waals surface area contributed by atoms with Crippen LogP contribution in [0.2, 0.25) is 0 Å². The summed E-state index contributed by atoms with van der Waals surface area (Å²) < 4.78 is 0. The number of nitrogens with one attached hydrogen (secondary N) is 1. The molecule has 2 aliphatic rings. The number of nitrogens with two attached hydrogens (primary N) is 1. The van der Waals surface area contributed by atoms with Gasteiger partial charge in [-0.1, -0.05) is 32.6 Å². The highest BCUT2D eigenvalue weighted by Crippen LogP contribution is 2.39. The number of hydrogen-bond donors (Lipinski definition) is 2. The summed E-state index contributed by atoms with van der Waals surface area (Å²) in [4.78, 5) is 0. The van der Waals surface area contributed by atoms with Crippen molar-refractivity contribution < 1.29 is 0 Å². The lowest BCUT2D eigenvalue weighted by atomic mass is 9.69. The van der Waals surface area contributed by atoms with Crippen LogP contribution in [0.3, 0.4) is 0 Å². The molecule has 0 heterocycles. The van der Waals surface area contributed by atoms with E-state index in [0.29, 0.717) is 6.04 Å². The molecule has 0 spiro atoms. The van der Waals surface area contributed by atoms with Gasteiger partial charge in [0.1, 0.15) is 0 Å². The number of hydrogen-bond acceptors (Lipinski definition) is 2. The Morgan fingerprint density at radius 2 is 1.67 bits per heavy atom. The summed E-state index contributed by atoms with van der Waals surface area (Å²) in [5.41, 5.74) is 3.11. The summed E-state index contributed by atoms with van der Waals surface area (Å²) in [6, 6.07) is 0.622. The largest absolute Gasteiger partial charge is 0.271 e. The first-order chi connectivity index (χ1) is 7.35. The normalized spacial score (nSPS) is 34.8. The Balaban J connectivity index is 1.81. The van der Waals surface area contributed by atoms with Crippen LogP contribution in [-0.4, -0.2) is 6.04 Å². The number of hydrazine groups is 1.